The molecule has 0 aromatic heterocycles. The van der Waals surface area contributed by atoms with Crippen LogP contribution < -0.4 is 5.73 Å². The molecule has 1 aromatic rings. The number of hydrogen-bond donors (Lipinski definition) is 1. The molecule has 0 aliphatic rings. The summed E-state index contributed by atoms with van der Waals surface area (Å²) >= 11 is 5.82. The van der Waals surface area contributed by atoms with Crippen LogP contribution in [0.15, 0.2) is 23.1 Å². The smallest absolute Gasteiger partial charge is 0.178 e. The number of benzene rings is 1. The van der Waals surface area contributed by atoms with Gasteiger partial charge < -0.3 is 5.73 Å². The van der Waals surface area contributed by atoms with Gasteiger partial charge in [0.05, 0.1) is 21.4 Å². The van der Waals surface area contributed by atoms with Crippen molar-refractivity contribution >= 4 is 27.1 Å². The molecule has 96 valence electrons. The molecular formula is C12H18ClNO2S. The van der Waals surface area contributed by atoms with Crippen LogP contribution in [0, 0.1) is 5.41 Å². The number of anilines is 1. The van der Waals surface area contributed by atoms with Crippen molar-refractivity contribution < 1.29 is 8.42 Å². The van der Waals surface area contributed by atoms with Gasteiger partial charge in [-0.1, -0.05) is 32.4 Å². The molecule has 0 radical (unpaired) electrons. The van der Waals surface area contributed by atoms with Gasteiger partial charge in [0.1, 0.15) is 0 Å². The summed E-state index contributed by atoms with van der Waals surface area (Å²) in [6.45, 7) is 6.04. The van der Waals surface area contributed by atoms with Gasteiger partial charge in [0.15, 0.2) is 9.84 Å². The van der Waals surface area contributed by atoms with E-state index in [1.807, 2.05) is 20.8 Å². The molecule has 0 bridgehead atoms. The average Bonchev–Trinajstić information content (AvgIpc) is 2.18. The van der Waals surface area contributed by atoms with Crippen molar-refractivity contribution in [3.05, 3.63) is 23.2 Å². The van der Waals surface area contributed by atoms with Gasteiger partial charge in [-0.3, -0.25) is 0 Å². The molecule has 2 N–H and O–H groups in total. The highest BCUT2D eigenvalue weighted by Crippen LogP contribution is 2.26. The van der Waals surface area contributed by atoms with Crippen LogP contribution in [0.5, 0.6) is 0 Å². The molecule has 0 unspecified atom stereocenters. The number of nitrogens with two attached hydrogens (primary N) is 1. The van der Waals surface area contributed by atoms with Gasteiger partial charge in [-0.25, -0.2) is 8.42 Å². The number of nitrogen functional groups attached to an aromatic ring is 1. The summed E-state index contributed by atoms with van der Waals surface area (Å²) in [5.74, 6) is 0.122. The first-order chi connectivity index (χ1) is 7.62. The molecule has 0 heterocycles. The average molecular weight is 276 g/mol. The Morgan fingerprint density at radius 3 is 2.35 bits per heavy atom. The Kier molecular flexibility index (Phi) is 4.10. The maximum absolute atomic E-state index is 12.0. The van der Waals surface area contributed by atoms with Gasteiger partial charge in [-0.05, 0) is 30.0 Å². The first-order valence-electron chi connectivity index (χ1n) is 5.40. The summed E-state index contributed by atoms with van der Waals surface area (Å²) in [4.78, 5) is 0.237. The molecule has 0 fully saturated rings. The summed E-state index contributed by atoms with van der Waals surface area (Å²) in [5.41, 5.74) is 5.93. The van der Waals surface area contributed by atoms with Crippen molar-refractivity contribution in [1.29, 1.82) is 0 Å². The molecule has 0 aliphatic heterocycles. The van der Waals surface area contributed by atoms with Gasteiger partial charge in [0.2, 0.25) is 0 Å². The second-order valence-corrected chi connectivity index (χ2v) is 7.83. The van der Waals surface area contributed by atoms with E-state index in [0.717, 1.165) is 0 Å². The Hall–Kier alpha value is -0.740. The van der Waals surface area contributed by atoms with Gasteiger partial charge in [-0.15, -0.1) is 0 Å². The van der Waals surface area contributed by atoms with Crippen LogP contribution in [0.4, 0.5) is 5.69 Å². The molecular weight excluding hydrogens is 258 g/mol. The minimum atomic E-state index is -3.27. The first-order valence-corrected chi connectivity index (χ1v) is 7.43. The highest BCUT2D eigenvalue weighted by Gasteiger charge is 2.19. The summed E-state index contributed by atoms with van der Waals surface area (Å²) in [6, 6.07) is 4.43. The van der Waals surface area contributed by atoms with Gasteiger partial charge in [-0.2, -0.15) is 0 Å². The molecule has 1 rings (SSSR count). The number of sulfone groups is 1. The summed E-state index contributed by atoms with van der Waals surface area (Å²) < 4.78 is 24.1. The lowest BCUT2D eigenvalue weighted by Gasteiger charge is -2.17. The number of halogens is 1. The van der Waals surface area contributed by atoms with Gasteiger partial charge in [0.25, 0.3) is 0 Å². The zero-order valence-electron chi connectivity index (χ0n) is 10.3. The van der Waals surface area contributed by atoms with E-state index in [-0.39, 0.29) is 21.1 Å². The maximum atomic E-state index is 12.0. The number of hydrogen-bond acceptors (Lipinski definition) is 3. The quantitative estimate of drug-likeness (QED) is 0.862. The van der Waals surface area contributed by atoms with E-state index in [0.29, 0.717) is 12.1 Å². The van der Waals surface area contributed by atoms with Crippen molar-refractivity contribution in [2.45, 2.75) is 32.1 Å². The fraction of sp³-hybridized carbons (Fsp3) is 0.500. The Bertz CT molecular complexity index is 504. The fourth-order valence-corrected chi connectivity index (χ4v) is 3.19. The third-order valence-electron chi connectivity index (χ3n) is 2.45. The monoisotopic (exact) mass is 275 g/mol. The van der Waals surface area contributed by atoms with E-state index in [1.165, 1.54) is 18.2 Å². The lowest BCUT2D eigenvalue weighted by atomic mass is 9.94. The Labute approximate surface area is 108 Å². The van der Waals surface area contributed by atoms with Crippen molar-refractivity contribution in [2.24, 2.45) is 5.41 Å². The minimum absolute atomic E-state index is 0.00925. The third-order valence-corrected chi connectivity index (χ3v) is 4.49. The summed E-state index contributed by atoms with van der Waals surface area (Å²) in [5, 5.41) is 0.279. The fourth-order valence-electron chi connectivity index (χ4n) is 1.26. The highest BCUT2D eigenvalue weighted by atomic mass is 35.5. The van der Waals surface area contributed by atoms with E-state index in [4.69, 9.17) is 17.3 Å². The van der Waals surface area contributed by atoms with Crippen LogP contribution in [0.1, 0.15) is 27.2 Å². The van der Waals surface area contributed by atoms with E-state index < -0.39 is 9.84 Å². The standard InChI is InChI=1S/C12H18ClNO2S/c1-12(2,3)6-7-17(15,16)9-4-5-11(14)10(13)8-9/h4-5,8H,6-7,14H2,1-3H3. The van der Waals surface area contributed by atoms with E-state index in [1.54, 1.807) is 0 Å². The van der Waals surface area contributed by atoms with Crippen LogP contribution >= 0.6 is 11.6 Å². The maximum Gasteiger partial charge on any atom is 0.178 e. The predicted molar refractivity (Wildman–Crippen MR) is 72.0 cm³/mol. The largest absolute Gasteiger partial charge is 0.398 e. The lowest BCUT2D eigenvalue weighted by molar-refractivity contribution is 0.397. The molecule has 1 aromatic carbocycles. The van der Waals surface area contributed by atoms with E-state index >= 15 is 0 Å². The molecule has 0 spiro atoms. The normalized spacial score (nSPS) is 12.7. The number of rotatable bonds is 3. The molecule has 0 saturated carbocycles. The van der Waals surface area contributed by atoms with E-state index in [9.17, 15) is 8.42 Å². The van der Waals surface area contributed by atoms with Crippen LogP contribution in [-0.2, 0) is 9.84 Å². The van der Waals surface area contributed by atoms with Crippen molar-refractivity contribution in [3.63, 3.8) is 0 Å². The molecule has 0 amide bonds. The Morgan fingerprint density at radius 2 is 1.88 bits per heavy atom. The second-order valence-electron chi connectivity index (χ2n) is 5.31. The summed E-state index contributed by atoms with van der Waals surface area (Å²) in [7, 11) is -3.27. The Balaban J connectivity index is 2.94. The SMILES string of the molecule is CC(C)(C)CCS(=O)(=O)c1ccc(N)c(Cl)c1. The topological polar surface area (TPSA) is 60.2 Å². The molecule has 0 aliphatic carbocycles. The van der Waals surface area contributed by atoms with Gasteiger partial charge >= 0.3 is 0 Å². The molecule has 5 heteroatoms. The van der Waals surface area contributed by atoms with Crippen LogP contribution in [-0.4, -0.2) is 14.2 Å². The van der Waals surface area contributed by atoms with Crippen molar-refractivity contribution in [1.82, 2.24) is 0 Å². The zero-order valence-corrected chi connectivity index (χ0v) is 11.9. The molecule has 0 saturated heterocycles. The lowest BCUT2D eigenvalue weighted by Crippen LogP contribution is -2.15. The van der Waals surface area contributed by atoms with Gasteiger partial charge in [0, 0.05) is 0 Å². The van der Waals surface area contributed by atoms with Crippen molar-refractivity contribution in [3.8, 4) is 0 Å². The predicted octanol–water partition coefficient (Wildman–Crippen LogP) is 3.13. The van der Waals surface area contributed by atoms with Crippen LogP contribution in [0.25, 0.3) is 0 Å². The van der Waals surface area contributed by atoms with Crippen LogP contribution in [0.2, 0.25) is 5.02 Å². The third kappa shape index (κ3) is 4.21. The second kappa shape index (κ2) is 4.86. The summed E-state index contributed by atoms with van der Waals surface area (Å²) in [6.07, 6.45) is 0.608. The Morgan fingerprint density at radius 1 is 1.29 bits per heavy atom. The highest BCUT2D eigenvalue weighted by molar-refractivity contribution is 7.91. The van der Waals surface area contributed by atoms with Crippen LogP contribution in [0.3, 0.4) is 0 Å². The van der Waals surface area contributed by atoms with E-state index in [2.05, 4.69) is 0 Å². The molecule has 0 atom stereocenters. The minimum Gasteiger partial charge on any atom is -0.398 e. The molecule has 3 nitrogen and oxygen atoms in total. The van der Waals surface area contributed by atoms with Crippen molar-refractivity contribution in [2.75, 3.05) is 11.5 Å². The molecule has 17 heavy (non-hydrogen) atoms. The zero-order chi connectivity index (χ0) is 13.3. The first kappa shape index (κ1) is 14.3.